The Kier molecular flexibility index (Phi) is 6.18. The van der Waals surface area contributed by atoms with Crippen molar-refractivity contribution in [1.29, 1.82) is 0 Å². The molecule has 2 aromatic carbocycles. The number of amides is 2. The zero-order chi connectivity index (χ0) is 20.3. The van der Waals surface area contributed by atoms with Crippen molar-refractivity contribution in [3.8, 4) is 0 Å². The molecule has 2 amide bonds. The molecule has 0 heterocycles. The van der Waals surface area contributed by atoms with Crippen molar-refractivity contribution in [3.05, 3.63) is 58.7 Å². The summed E-state index contributed by atoms with van der Waals surface area (Å²) in [5.41, 5.74) is 6.28. The van der Waals surface area contributed by atoms with Crippen molar-refractivity contribution >= 4 is 23.2 Å². The predicted molar refractivity (Wildman–Crippen MR) is 115 cm³/mol. The first-order valence-corrected chi connectivity index (χ1v) is 10.1. The monoisotopic (exact) mass is 378 g/mol. The lowest BCUT2D eigenvalue weighted by molar-refractivity contribution is -0.125. The average Bonchev–Trinajstić information content (AvgIpc) is 2.60. The lowest BCUT2D eigenvalue weighted by Crippen LogP contribution is -2.32. The van der Waals surface area contributed by atoms with Gasteiger partial charge in [0.05, 0.1) is 0 Å². The molecule has 0 saturated heterocycles. The number of aryl methyl sites for hydroxylation is 4. The van der Waals surface area contributed by atoms with Gasteiger partial charge >= 0.3 is 0 Å². The summed E-state index contributed by atoms with van der Waals surface area (Å²) in [5, 5.41) is 6.10. The Hall–Kier alpha value is -2.62. The number of benzene rings is 2. The van der Waals surface area contributed by atoms with E-state index in [0.717, 1.165) is 59.3 Å². The largest absolute Gasteiger partial charge is 0.326 e. The molecule has 0 unspecified atom stereocenters. The van der Waals surface area contributed by atoms with E-state index < -0.39 is 0 Å². The summed E-state index contributed by atoms with van der Waals surface area (Å²) in [6.07, 6.45) is 3.01. The zero-order valence-corrected chi connectivity index (χ0v) is 17.3. The van der Waals surface area contributed by atoms with Crippen LogP contribution in [0.5, 0.6) is 0 Å². The van der Waals surface area contributed by atoms with Gasteiger partial charge in [0.2, 0.25) is 11.8 Å². The summed E-state index contributed by atoms with van der Waals surface area (Å²) in [4.78, 5) is 25.2. The van der Waals surface area contributed by atoms with Gasteiger partial charge in [-0.3, -0.25) is 9.59 Å². The van der Waals surface area contributed by atoms with Gasteiger partial charge in [0.15, 0.2) is 0 Å². The highest BCUT2D eigenvalue weighted by Crippen LogP contribution is 2.31. The van der Waals surface area contributed by atoms with Gasteiger partial charge in [-0.05, 0) is 99.9 Å². The molecule has 2 aromatic rings. The van der Waals surface area contributed by atoms with Gasteiger partial charge in [-0.1, -0.05) is 12.1 Å². The summed E-state index contributed by atoms with van der Waals surface area (Å²) in [6, 6.07) is 12.2. The third-order valence-electron chi connectivity index (χ3n) is 5.45. The average molecular weight is 379 g/mol. The molecular formula is C24H30N2O2. The van der Waals surface area contributed by atoms with E-state index in [1.54, 1.807) is 0 Å². The third-order valence-corrected chi connectivity index (χ3v) is 5.45. The van der Waals surface area contributed by atoms with Gasteiger partial charge in [-0.25, -0.2) is 0 Å². The smallest absolute Gasteiger partial charge is 0.227 e. The molecule has 28 heavy (non-hydrogen) atoms. The molecule has 0 aromatic heterocycles. The first kappa shape index (κ1) is 20.1. The van der Waals surface area contributed by atoms with E-state index in [0.29, 0.717) is 0 Å². The highest BCUT2D eigenvalue weighted by Gasteiger charge is 2.30. The Morgan fingerprint density at radius 2 is 0.893 bits per heavy atom. The van der Waals surface area contributed by atoms with Gasteiger partial charge in [0.1, 0.15) is 0 Å². The SMILES string of the molecule is Cc1cc(C)cc(NC(=O)C2CCC(C(=O)Nc3cc(C)cc(C)c3)CC2)c1. The molecule has 2 N–H and O–H groups in total. The molecule has 1 saturated carbocycles. The molecule has 1 fully saturated rings. The second-order valence-electron chi connectivity index (χ2n) is 8.28. The van der Waals surface area contributed by atoms with Crippen LogP contribution in [0.4, 0.5) is 11.4 Å². The van der Waals surface area contributed by atoms with Crippen LogP contribution in [0.1, 0.15) is 47.9 Å². The molecule has 0 spiro atoms. The number of rotatable bonds is 4. The maximum Gasteiger partial charge on any atom is 0.227 e. The number of hydrogen-bond acceptors (Lipinski definition) is 2. The van der Waals surface area contributed by atoms with Crippen LogP contribution in [0.15, 0.2) is 36.4 Å². The number of carbonyl (C=O) groups is 2. The van der Waals surface area contributed by atoms with E-state index >= 15 is 0 Å². The molecule has 1 aliphatic carbocycles. The topological polar surface area (TPSA) is 58.2 Å². The molecule has 148 valence electrons. The van der Waals surface area contributed by atoms with E-state index in [9.17, 15) is 9.59 Å². The molecule has 4 heteroatoms. The van der Waals surface area contributed by atoms with Crippen LogP contribution in [0.25, 0.3) is 0 Å². The molecule has 1 aliphatic rings. The van der Waals surface area contributed by atoms with Crippen molar-refractivity contribution in [2.75, 3.05) is 10.6 Å². The predicted octanol–water partition coefficient (Wildman–Crippen LogP) is 5.30. The Labute approximate surface area is 167 Å². The van der Waals surface area contributed by atoms with Crippen LogP contribution in [0, 0.1) is 39.5 Å². The number of hydrogen-bond donors (Lipinski definition) is 2. The Morgan fingerprint density at radius 3 is 1.18 bits per heavy atom. The Balaban J connectivity index is 1.53. The van der Waals surface area contributed by atoms with Gasteiger partial charge in [0.25, 0.3) is 0 Å². The van der Waals surface area contributed by atoms with Crippen LogP contribution in [0.3, 0.4) is 0 Å². The van der Waals surface area contributed by atoms with E-state index in [2.05, 4.69) is 22.8 Å². The number of carbonyl (C=O) groups excluding carboxylic acids is 2. The van der Waals surface area contributed by atoms with Crippen molar-refractivity contribution < 1.29 is 9.59 Å². The van der Waals surface area contributed by atoms with E-state index in [4.69, 9.17) is 0 Å². The van der Waals surface area contributed by atoms with Gasteiger partial charge in [0, 0.05) is 23.2 Å². The second-order valence-corrected chi connectivity index (χ2v) is 8.28. The molecule has 0 atom stereocenters. The van der Waals surface area contributed by atoms with E-state index in [1.807, 2.05) is 52.0 Å². The summed E-state index contributed by atoms with van der Waals surface area (Å²) >= 11 is 0. The Morgan fingerprint density at radius 1 is 0.607 bits per heavy atom. The lowest BCUT2D eigenvalue weighted by Gasteiger charge is -2.27. The van der Waals surface area contributed by atoms with Crippen LogP contribution in [-0.4, -0.2) is 11.8 Å². The molecule has 0 bridgehead atoms. The van der Waals surface area contributed by atoms with Crippen molar-refractivity contribution in [3.63, 3.8) is 0 Å². The third kappa shape index (κ3) is 5.22. The van der Waals surface area contributed by atoms with Gasteiger partial charge in [-0.2, -0.15) is 0 Å². The van der Waals surface area contributed by atoms with Crippen molar-refractivity contribution in [2.45, 2.75) is 53.4 Å². The second kappa shape index (κ2) is 8.59. The standard InChI is InChI=1S/C24H30N2O2/c1-15-9-16(2)12-21(11-15)25-23(27)19-5-7-20(8-6-19)24(28)26-22-13-17(3)10-18(4)14-22/h9-14,19-20H,5-8H2,1-4H3,(H,25,27)(H,26,28). The molecular weight excluding hydrogens is 348 g/mol. The fourth-order valence-electron chi connectivity index (χ4n) is 4.20. The molecule has 3 rings (SSSR count). The number of anilines is 2. The normalized spacial score (nSPS) is 19.1. The minimum atomic E-state index is -0.0221. The van der Waals surface area contributed by atoms with Crippen molar-refractivity contribution in [2.24, 2.45) is 11.8 Å². The zero-order valence-electron chi connectivity index (χ0n) is 17.3. The van der Waals surface area contributed by atoms with Crippen LogP contribution in [-0.2, 0) is 9.59 Å². The minimum Gasteiger partial charge on any atom is -0.326 e. The Bertz CT molecular complexity index is 766. The van der Waals surface area contributed by atoms with Crippen LogP contribution in [0.2, 0.25) is 0 Å². The first-order valence-electron chi connectivity index (χ1n) is 10.1. The van der Waals surface area contributed by atoms with E-state index in [-0.39, 0.29) is 23.7 Å². The van der Waals surface area contributed by atoms with Crippen molar-refractivity contribution in [1.82, 2.24) is 0 Å². The quantitative estimate of drug-likeness (QED) is 0.758. The molecule has 4 nitrogen and oxygen atoms in total. The highest BCUT2D eigenvalue weighted by atomic mass is 16.2. The fraction of sp³-hybridized carbons (Fsp3) is 0.417. The highest BCUT2D eigenvalue weighted by molar-refractivity contribution is 5.94. The summed E-state index contributed by atoms with van der Waals surface area (Å²) in [7, 11) is 0. The summed E-state index contributed by atoms with van der Waals surface area (Å²) in [6.45, 7) is 8.12. The van der Waals surface area contributed by atoms with Crippen LogP contribution >= 0.6 is 0 Å². The summed E-state index contributed by atoms with van der Waals surface area (Å²) < 4.78 is 0. The minimum absolute atomic E-state index is 0.0221. The van der Waals surface area contributed by atoms with Gasteiger partial charge < -0.3 is 10.6 Å². The van der Waals surface area contributed by atoms with Crippen LogP contribution < -0.4 is 10.6 Å². The maximum atomic E-state index is 12.6. The number of nitrogens with one attached hydrogen (secondary N) is 2. The first-order chi connectivity index (χ1) is 13.3. The maximum absolute atomic E-state index is 12.6. The molecule has 0 aliphatic heterocycles. The lowest BCUT2D eigenvalue weighted by atomic mass is 9.81. The van der Waals surface area contributed by atoms with E-state index in [1.165, 1.54) is 0 Å². The molecule has 0 radical (unpaired) electrons. The van der Waals surface area contributed by atoms with Gasteiger partial charge in [-0.15, -0.1) is 0 Å². The summed E-state index contributed by atoms with van der Waals surface area (Å²) in [5.74, 6) is 0.0912. The fourth-order valence-corrected chi connectivity index (χ4v) is 4.20.